The Morgan fingerprint density at radius 3 is 1.35 bits per heavy atom. The molecule has 0 aromatic heterocycles. The predicted molar refractivity (Wildman–Crippen MR) is 293 cm³/mol. The summed E-state index contributed by atoms with van der Waals surface area (Å²) in [5.41, 5.74) is 22.7. The number of benzene rings is 10. The first-order valence-corrected chi connectivity index (χ1v) is 24.5. The topological polar surface area (TPSA) is 6.48 Å². The molecule has 0 radical (unpaired) electrons. The van der Waals surface area contributed by atoms with E-state index in [2.05, 4.69) is 270 Å². The molecule has 2 aliphatic heterocycles. The van der Waals surface area contributed by atoms with Crippen molar-refractivity contribution >= 4 is 67.8 Å². The van der Waals surface area contributed by atoms with E-state index in [9.17, 15) is 0 Å². The quantitative estimate of drug-likeness (QED) is 0.159. The molecule has 2 heteroatoms. The molecule has 13 rings (SSSR count). The van der Waals surface area contributed by atoms with Gasteiger partial charge >= 0.3 is 0 Å². The molecule has 10 aromatic carbocycles. The Hall–Kier alpha value is -7.94. The van der Waals surface area contributed by atoms with Gasteiger partial charge in [-0.3, -0.25) is 0 Å². The fourth-order valence-electron chi connectivity index (χ4n) is 12.3. The molecular weight excluding hydrogens is 833 g/mol. The summed E-state index contributed by atoms with van der Waals surface area (Å²) in [6, 6.07) is 77.1. The number of para-hydroxylation sites is 4. The van der Waals surface area contributed by atoms with Crippen molar-refractivity contribution in [1.82, 2.24) is 0 Å². The SMILES string of the molecule is CC1(C)c2cc(C=Cc3ccc(-c4ccc5cc(N6c7ccccc7C(C)(C)c7ccccc76)ccc5c4)c4ccccc34)ccc2-c2ccc(N3c4ccccc4C(C)(C)c4ccccc43)cc21. The number of nitrogens with zero attached hydrogens (tertiary/aromatic N) is 2. The van der Waals surface area contributed by atoms with Gasteiger partial charge in [0.05, 0.1) is 22.7 Å². The largest absolute Gasteiger partial charge is 0.310 e. The molecule has 0 saturated carbocycles. The highest BCUT2D eigenvalue weighted by molar-refractivity contribution is 6.04. The maximum absolute atomic E-state index is 2.48. The lowest BCUT2D eigenvalue weighted by atomic mass is 9.73. The van der Waals surface area contributed by atoms with Crippen molar-refractivity contribution in [1.29, 1.82) is 0 Å². The Morgan fingerprint density at radius 1 is 0.319 bits per heavy atom. The molecule has 0 bridgehead atoms. The van der Waals surface area contributed by atoms with E-state index >= 15 is 0 Å². The second-order valence-electron chi connectivity index (χ2n) is 21.0. The molecular formula is C67H54N2. The van der Waals surface area contributed by atoms with E-state index in [1.165, 1.54) is 122 Å². The van der Waals surface area contributed by atoms with Crippen LogP contribution in [0.15, 0.2) is 206 Å². The summed E-state index contributed by atoms with van der Waals surface area (Å²) in [6.07, 6.45) is 4.59. The van der Waals surface area contributed by atoms with Crippen LogP contribution < -0.4 is 9.80 Å². The van der Waals surface area contributed by atoms with Gasteiger partial charge in [0, 0.05) is 27.6 Å². The number of fused-ring (bicyclic) bond motifs is 9. The van der Waals surface area contributed by atoms with E-state index in [1.54, 1.807) is 0 Å². The van der Waals surface area contributed by atoms with Gasteiger partial charge < -0.3 is 9.80 Å². The molecule has 0 spiro atoms. The Balaban J connectivity index is 0.805. The zero-order valence-corrected chi connectivity index (χ0v) is 40.2. The van der Waals surface area contributed by atoms with Gasteiger partial charge in [-0.2, -0.15) is 0 Å². The molecule has 3 aliphatic rings. The zero-order chi connectivity index (χ0) is 46.8. The highest BCUT2D eigenvalue weighted by atomic mass is 15.2. The van der Waals surface area contributed by atoms with Crippen LogP contribution in [-0.2, 0) is 16.2 Å². The molecule has 10 aromatic rings. The Morgan fingerprint density at radius 2 is 0.754 bits per heavy atom. The molecule has 0 amide bonds. The summed E-state index contributed by atoms with van der Waals surface area (Å²) >= 11 is 0. The van der Waals surface area contributed by atoms with Gasteiger partial charge in [0.2, 0.25) is 0 Å². The van der Waals surface area contributed by atoms with E-state index in [4.69, 9.17) is 0 Å². The van der Waals surface area contributed by atoms with Crippen molar-refractivity contribution in [2.75, 3.05) is 9.80 Å². The summed E-state index contributed by atoms with van der Waals surface area (Å²) in [4.78, 5) is 4.92. The van der Waals surface area contributed by atoms with Crippen LogP contribution in [0.3, 0.4) is 0 Å². The van der Waals surface area contributed by atoms with E-state index in [-0.39, 0.29) is 16.2 Å². The Bertz CT molecular complexity index is 3690. The molecule has 0 unspecified atom stereocenters. The van der Waals surface area contributed by atoms with Crippen LogP contribution in [-0.4, -0.2) is 0 Å². The lowest BCUT2D eigenvalue weighted by molar-refractivity contribution is 0.631. The summed E-state index contributed by atoms with van der Waals surface area (Å²) in [7, 11) is 0. The minimum Gasteiger partial charge on any atom is -0.310 e. The molecule has 1 aliphatic carbocycles. The molecule has 0 fully saturated rings. The predicted octanol–water partition coefficient (Wildman–Crippen LogP) is 18.4. The van der Waals surface area contributed by atoms with Crippen molar-refractivity contribution in [3.05, 3.63) is 251 Å². The summed E-state index contributed by atoms with van der Waals surface area (Å²) in [5.74, 6) is 0. The number of anilines is 6. The third-order valence-corrected chi connectivity index (χ3v) is 16.0. The van der Waals surface area contributed by atoms with Crippen LogP contribution in [0.25, 0.3) is 56.0 Å². The lowest BCUT2D eigenvalue weighted by Gasteiger charge is -2.42. The molecule has 0 N–H and O–H groups in total. The molecule has 2 heterocycles. The summed E-state index contributed by atoms with van der Waals surface area (Å²) < 4.78 is 0. The van der Waals surface area contributed by atoms with Crippen LogP contribution in [0.5, 0.6) is 0 Å². The third-order valence-electron chi connectivity index (χ3n) is 16.0. The minimum absolute atomic E-state index is 0.0873. The Kier molecular flexibility index (Phi) is 8.99. The molecule has 2 nitrogen and oxygen atoms in total. The molecule has 0 atom stereocenters. The number of hydrogen-bond donors (Lipinski definition) is 0. The second kappa shape index (κ2) is 15.0. The van der Waals surface area contributed by atoms with Gasteiger partial charge in [-0.25, -0.2) is 0 Å². The number of rotatable bonds is 5. The van der Waals surface area contributed by atoms with Gasteiger partial charge in [-0.05, 0) is 143 Å². The normalized spacial score (nSPS) is 15.6. The monoisotopic (exact) mass is 886 g/mol. The number of hydrogen-bond acceptors (Lipinski definition) is 2. The van der Waals surface area contributed by atoms with Crippen LogP contribution in [0.1, 0.15) is 86.1 Å². The highest BCUT2D eigenvalue weighted by Crippen LogP contribution is 2.56. The van der Waals surface area contributed by atoms with Crippen molar-refractivity contribution in [2.24, 2.45) is 0 Å². The molecule has 69 heavy (non-hydrogen) atoms. The first-order valence-electron chi connectivity index (χ1n) is 24.5. The molecule has 332 valence electrons. The maximum atomic E-state index is 2.48. The average Bonchev–Trinajstić information content (AvgIpc) is 3.60. The lowest BCUT2D eigenvalue weighted by Crippen LogP contribution is -2.30. The fraction of sp³-hybridized carbons (Fsp3) is 0.134. The fourth-order valence-corrected chi connectivity index (χ4v) is 12.3. The van der Waals surface area contributed by atoms with Crippen LogP contribution >= 0.6 is 0 Å². The minimum atomic E-state index is -0.171. The first kappa shape index (κ1) is 41.3. The van der Waals surface area contributed by atoms with Crippen molar-refractivity contribution in [2.45, 2.75) is 57.8 Å². The Labute approximate surface area is 406 Å². The summed E-state index contributed by atoms with van der Waals surface area (Å²) in [5, 5.41) is 4.96. The van der Waals surface area contributed by atoms with Crippen molar-refractivity contribution in [3.63, 3.8) is 0 Å². The zero-order valence-electron chi connectivity index (χ0n) is 40.2. The van der Waals surface area contributed by atoms with Gasteiger partial charge in [0.25, 0.3) is 0 Å². The van der Waals surface area contributed by atoms with Crippen molar-refractivity contribution in [3.8, 4) is 22.3 Å². The highest BCUT2D eigenvalue weighted by Gasteiger charge is 2.40. The first-order chi connectivity index (χ1) is 33.5. The molecule has 0 saturated heterocycles. The van der Waals surface area contributed by atoms with Gasteiger partial charge in [-0.1, -0.05) is 205 Å². The third kappa shape index (κ3) is 6.18. The average molecular weight is 887 g/mol. The van der Waals surface area contributed by atoms with E-state index in [0.29, 0.717) is 0 Å². The van der Waals surface area contributed by atoms with Gasteiger partial charge in [0.1, 0.15) is 0 Å². The van der Waals surface area contributed by atoms with Gasteiger partial charge in [0.15, 0.2) is 0 Å². The van der Waals surface area contributed by atoms with Gasteiger partial charge in [-0.15, -0.1) is 0 Å². The summed E-state index contributed by atoms with van der Waals surface area (Å²) in [6.45, 7) is 14.2. The van der Waals surface area contributed by atoms with Crippen LogP contribution in [0, 0.1) is 0 Å². The van der Waals surface area contributed by atoms with E-state index in [1.807, 2.05) is 0 Å². The maximum Gasteiger partial charge on any atom is 0.0502 e. The van der Waals surface area contributed by atoms with Crippen LogP contribution in [0.2, 0.25) is 0 Å². The smallest absolute Gasteiger partial charge is 0.0502 e. The van der Waals surface area contributed by atoms with E-state index in [0.717, 1.165) is 0 Å². The van der Waals surface area contributed by atoms with E-state index < -0.39 is 0 Å². The van der Waals surface area contributed by atoms with Crippen LogP contribution in [0.4, 0.5) is 34.1 Å². The van der Waals surface area contributed by atoms with Crippen molar-refractivity contribution < 1.29 is 0 Å². The standard InChI is InChI=1S/C67H54N2/c1-65(2)55-19-9-13-23-61(55)68(62-24-14-10-20-56(62)65)48-34-32-45-40-47(31-30-46(45)41-48)51-37-33-44(50-17-7-8-18-52(50)51)29-27-43-28-36-53-54-38-35-49(42-60(54)67(5,6)59(53)39-43)69-63-25-15-11-21-57(63)66(3,4)58-22-12-16-26-64(58)69/h7-42H,1-6H3. The second-order valence-corrected chi connectivity index (χ2v) is 21.0.